The smallest absolute Gasteiger partial charge is 0.328 e. The summed E-state index contributed by atoms with van der Waals surface area (Å²) in [4.78, 5) is 36.8. The molecule has 2 N–H and O–H groups in total. The summed E-state index contributed by atoms with van der Waals surface area (Å²) < 4.78 is 5.52. The molecule has 0 bridgehead atoms. The lowest BCUT2D eigenvalue weighted by molar-refractivity contribution is -0.136. The number of hydrogen-bond acceptors (Lipinski definition) is 5. The van der Waals surface area contributed by atoms with Crippen LogP contribution in [0.25, 0.3) is 5.57 Å². The maximum atomic E-state index is 13.3. The summed E-state index contributed by atoms with van der Waals surface area (Å²) in [6.07, 6.45) is 1.79. The Balaban J connectivity index is 1.45. The van der Waals surface area contributed by atoms with Crippen LogP contribution < -0.4 is 5.32 Å². The van der Waals surface area contributed by atoms with Gasteiger partial charge in [0.25, 0.3) is 5.91 Å². The predicted molar refractivity (Wildman–Crippen MR) is 154 cm³/mol. The third-order valence-electron chi connectivity index (χ3n) is 6.67. The Morgan fingerprint density at radius 2 is 1.70 bits per heavy atom. The lowest BCUT2D eigenvalue weighted by Crippen LogP contribution is -2.36. The minimum atomic E-state index is -0.985. The van der Waals surface area contributed by atoms with Crippen molar-refractivity contribution in [3.8, 4) is 0 Å². The molecule has 1 atom stereocenters. The Bertz CT molecular complexity index is 1410. The Morgan fingerprint density at radius 1 is 1.02 bits per heavy atom. The van der Waals surface area contributed by atoms with Gasteiger partial charge in [-0.3, -0.25) is 9.59 Å². The van der Waals surface area contributed by atoms with E-state index in [1.807, 2.05) is 87.5 Å². The summed E-state index contributed by atoms with van der Waals surface area (Å²) in [5, 5.41) is 17.9. The van der Waals surface area contributed by atoms with Crippen LogP contribution in [0.3, 0.4) is 0 Å². The third kappa shape index (κ3) is 7.02. The van der Waals surface area contributed by atoms with Crippen LogP contribution in [0.15, 0.2) is 90.0 Å². The van der Waals surface area contributed by atoms with Gasteiger partial charge in [-0.15, -0.1) is 5.10 Å². The first-order valence-electron chi connectivity index (χ1n) is 13.3. The summed E-state index contributed by atoms with van der Waals surface area (Å²) in [7, 11) is 0. The normalized spacial score (nSPS) is 14.4. The second-order valence-electron chi connectivity index (χ2n) is 9.90. The molecule has 3 aromatic carbocycles. The van der Waals surface area contributed by atoms with Gasteiger partial charge in [0.2, 0.25) is 11.8 Å². The Hall–Kier alpha value is -4.72. The fourth-order valence-corrected chi connectivity index (χ4v) is 4.61. The monoisotopic (exact) mass is 539 g/mol. The number of carboxylic acids is 1. The van der Waals surface area contributed by atoms with Crippen molar-refractivity contribution in [1.82, 2.24) is 5.01 Å². The van der Waals surface area contributed by atoms with E-state index >= 15 is 0 Å². The number of benzene rings is 3. The fourth-order valence-electron chi connectivity index (χ4n) is 4.61. The molecule has 0 aromatic heterocycles. The van der Waals surface area contributed by atoms with E-state index < -0.39 is 5.97 Å². The fraction of sp³-hybridized carbons (Fsp3) is 0.250. The van der Waals surface area contributed by atoms with Crippen molar-refractivity contribution in [2.75, 3.05) is 11.9 Å². The molecule has 1 aliphatic rings. The molecule has 2 amide bonds. The minimum absolute atomic E-state index is 0.0363. The highest BCUT2D eigenvalue weighted by Gasteiger charge is 2.26. The number of carbonyl (C=O) groups is 3. The second kappa shape index (κ2) is 12.9. The standard InChI is InChI=1S/C32H33N3O5/c1-4-23(18-29(37)38)24-14-16-27(17-15-24)33-31(39)30(21(2)3)25-12-10-22(11-13-25)19-35-28(36)20-40-32(34-35)26-8-6-5-7-9-26/h5-18,21,30H,4,19-20H2,1-3H3,(H,33,39)(H,37,38)/b23-18+. The number of carboxylic acid groups (broad SMARTS) is 1. The molecule has 1 unspecified atom stereocenters. The summed E-state index contributed by atoms with van der Waals surface area (Å²) >= 11 is 0. The summed E-state index contributed by atoms with van der Waals surface area (Å²) in [5.74, 6) is -1.29. The molecule has 40 heavy (non-hydrogen) atoms. The van der Waals surface area contributed by atoms with E-state index in [9.17, 15) is 14.4 Å². The first-order valence-corrected chi connectivity index (χ1v) is 13.3. The van der Waals surface area contributed by atoms with Crippen molar-refractivity contribution < 1.29 is 24.2 Å². The molecule has 1 aliphatic heterocycles. The molecule has 8 heteroatoms. The zero-order valence-electron chi connectivity index (χ0n) is 22.8. The van der Waals surface area contributed by atoms with Crippen LogP contribution in [0, 0.1) is 5.92 Å². The lowest BCUT2D eigenvalue weighted by atomic mass is 9.87. The van der Waals surface area contributed by atoms with Gasteiger partial charge >= 0.3 is 5.97 Å². The average molecular weight is 540 g/mol. The van der Waals surface area contributed by atoms with Gasteiger partial charge in [-0.2, -0.15) is 0 Å². The van der Waals surface area contributed by atoms with E-state index in [1.165, 1.54) is 11.1 Å². The van der Waals surface area contributed by atoms with Gasteiger partial charge in [0.15, 0.2) is 6.61 Å². The van der Waals surface area contributed by atoms with Gasteiger partial charge in [-0.05, 0) is 58.9 Å². The number of nitrogens with zero attached hydrogens (tertiary/aromatic N) is 2. The van der Waals surface area contributed by atoms with Gasteiger partial charge in [-0.1, -0.05) is 75.4 Å². The number of anilines is 1. The van der Waals surface area contributed by atoms with Crippen molar-refractivity contribution >= 4 is 34.9 Å². The van der Waals surface area contributed by atoms with E-state index in [1.54, 1.807) is 12.1 Å². The molecule has 0 fully saturated rings. The third-order valence-corrected chi connectivity index (χ3v) is 6.67. The quantitative estimate of drug-likeness (QED) is 0.323. The number of allylic oxidation sites excluding steroid dienone is 1. The lowest BCUT2D eigenvalue weighted by Gasteiger charge is -2.24. The van der Waals surface area contributed by atoms with Crippen LogP contribution in [0.1, 0.15) is 55.4 Å². The van der Waals surface area contributed by atoms with Crippen molar-refractivity contribution in [2.24, 2.45) is 11.0 Å². The summed E-state index contributed by atoms with van der Waals surface area (Å²) in [6, 6.07) is 24.3. The van der Waals surface area contributed by atoms with Gasteiger partial charge in [0.1, 0.15) is 0 Å². The zero-order valence-corrected chi connectivity index (χ0v) is 22.8. The van der Waals surface area contributed by atoms with Gasteiger partial charge in [0, 0.05) is 17.3 Å². The Morgan fingerprint density at radius 3 is 2.30 bits per heavy atom. The topological polar surface area (TPSA) is 108 Å². The molecule has 206 valence electrons. The number of nitrogens with one attached hydrogen (secondary N) is 1. The second-order valence-corrected chi connectivity index (χ2v) is 9.90. The maximum Gasteiger partial charge on any atom is 0.328 e. The SMILES string of the molecule is CC/C(=C\C(=O)O)c1ccc(NC(=O)C(c2ccc(CN3N=C(c4ccccc4)OCC3=O)cc2)C(C)C)cc1. The van der Waals surface area contributed by atoms with E-state index in [4.69, 9.17) is 9.84 Å². The van der Waals surface area contributed by atoms with Crippen LogP contribution >= 0.6 is 0 Å². The molecule has 0 spiro atoms. The summed E-state index contributed by atoms with van der Waals surface area (Å²) in [5.41, 5.74) is 4.71. The van der Waals surface area contributed by atoms with Crippen molar-refractivity contribution in [3.05, 3.63) is 107 Å². The molecule has 4 rings (SSSR count). The number of ether oxygens (including phenoxy) is 1. The molecule has 1 heterocycles. The van der Waals surface area contributed by atoms with Crippen molar-refractivity contribution in [1.29, 1.82) is 0 Å². The molecular weight excluding hydrogens is 506 g/mol. The van der Waals surface area contributed by atoms with Crippen LogP contribution in [0.2, 0.25) is 0 Å². The molecule has 0 aliphatic carbocycles. The van der Waals surface area contributed by atoms with E-state index in [2.05, 4.69) is 10.4 Å². The summed E-state index contributed by atoms with van der Waals surface area (Å²) in [6.45, 7) is 6.12. The first kappa shape index (κ1) is 28.3. The predicted octanol–water partition coefficient (Wildman–Crippen LogP) is 5.66. The number of carbonyl (C=O) groups excluding carboxylic acids is 2. The molecule has 0 saturated heterocycles. The number of hydrogen-bond donors (Lipinski definition) is 2. The Kier molecular flexibility index (Phi) is 9.11. The van der Waals surface area contributed by atoms with Crippen molar-refractivity contribution in [3.63, 3.8) is 0 Å². The highest BCUT2D eigenvalue weighted by molar-refractivity contribution is 5.98. The van der Waals surface area contributed by atoms with Crippen LogP contribution in [-0.2, 0) is 25.7 Å². The van der Waals surface area contributed by atoms with Crippen LogP contribution in [0.5, 0.6) is 0 Å². The average Bonchev–Trinajstić information content (AvgIpc) is 2.94. The Labute approximate surface area is 234 Å². The first-order chi connectivity index (χ1) is 19.2. The van der Waals surface area contributed by atoms with Crippen molar-refractivity contribution in [2.45, 2.75) is 39.7 Å². The van der Waals surface area contributed by atoms with Gasteiger partial charge in [-0.25, -0.2) is 9.80 Å². The zero-order chi connectivity index (χ0) is 28.6. The van der Waals surface area contributed by atoms with Crippen LogP contribution in [-0.4, -0.2) is 40.4 Å². The largest absolute Gasteiger partial charge is 0.478 e. The van der Waals surface area contributed by atoms with Gasteiger partial charge < -0.3 is 15.2 Å². The number of amides is 2. The molecule has 3 aromatic rings. The van der Waals surface area contributed by atoms with Gasteiger partial charge in [0.05, 0.1) is 12.5 Å². The maximum absolute atomic E-state index is 13.3. The highest BCUT2D eigenvalue weighted by atomic mass is 16.5. The minimum Gasteiger partial charge on any atom is -0.478 e. The molecular formula is C32H33N3O5. The highest BCUT2D eigenvalue weighted by Crippen LogP contribution is 2.28. The molecule has 0 radical (unpaired) electrons. The molecule has 8 nitrogen and oxygen atoms in total. The molecule has 0 saturated carbocycles. The number of rotatable bonds is 10. The van der Waals surface area contributed by atoms with E-state index in [-0.39, 0.29) is 30.3 Å². The van der Waals surface area contributed by atoms with E-state index in [0.717, 1.165) is 22.3 Å². The number of aliphatic carboxylic acids is 1. The van der Waals surface area contributed by atoms with Crippen LogP contribution in [0.4, 0.5) is 5.69 Å². The number of hydrazone groups is 1. The van der Waals surface area contributed by atoms with E-state index in [0.29, 0.717) is 30.1 Å².